The predicted molar refractivity (Wildman–Crippen MR) is 93.9 cm³/mol. The SMILES string of the molecule is Cc1ccc(-c2nc(CC(=O)N(C)C3CCC(CO)CC3)cs2)o1. The summed E-state index contributed by atoms with van der Waals surface area (Å²) < 4.78 is 5.58. The van der Waals surface area contributed by atoms with Gasteiger partial charge in [-0.1, -0.05) is 0 Å². The number of aryl methyl sites for hydroxylation is 1. The van der Waals surface area contributed by atoms with Gasteiger partial charge in [-0.3, -0.25) is 4.79 Å². The van der Waals surface area contributed by atoms with Gasteiger partial charge in [-0.2, -0.15) is 0 Å². The number of carbonyl (C=O) groups excluding carboxylic acids is 1. The maximum absolute atomic E-state index is 12.5. The van der Waals surface area contributed by atoms with Crippen LogP contribution in [0.1, 0.15) is 37.1 Å². The highest BCUT2D eigenvalue weighted by atomic mass is 32.1. The van der Waals surface area contributed by atoms with Gasteiger partial charge in [0.05, 0.1) is 12.1 Å². The van der Waals surface area contributed by atoms with E-state index in [0.717, 1.165) is 47.9 Å². The van der Waals surface area contributed by atoms with Crippen LogP contribution in [0.5, 0.6) is 0 Å². The Balaban J connectivity index is 1.58. The Labute approximate surface area is 146 Å². The van der Waals surface area contributed by atoms with Gasteiger partial charge in [0.15, 0.2) is 10.8 Å². The van der Waals surface area contributed by atoms with Gasteiger partial charge in [0, 0.05) is 25.1 Å². The number of aromatic nitrogens is 1. The van der Waals surface area contributed by atoms with Crippen molar-refractivity contribution in [2.45, 2.75) is 45.1 Å². The summed E-state index contributed by atoms with van der Waals surface area (Å²) in [6.07, 6.45) is 4.27. The third-order valence-electron chi connectivity index (χ3n) is 4.85. The van der Waals surface area contributed by atoms with E-state index in [-0.39, 0.29) is 18.6 Å². The smallest absolute Gasteiger partial charge is 0.228 e. The van der Waals surface area contributed by atoms with Crippen molar-refractivity contribution in [2.75, 3.05) is 13.7 Å². The second-order valence-corrected chi connectivity index (χ2v) is 7.45. The minimum Gasteiger partial charge on any atom is -0.459 e. The monoisotopic (exact) mass is 348 g/mol. The molecule has 0 aliphatic heterocycles. The number of aliphatic hydroxyl groups excluding tert-OH is 1. The molecule has 0 atom stereocenters. The fraction of sp³-hybridized carbons (Fsp3) is 0.556. The van der Waals surface area contributed by atoms with Crippen LogP contribution in [0, 0.1) is 12.8 Å². The minimum atomic E-state index is 0.106. The van der Waals surface area contributed by atoms with Crippen molar-refractivity contribution in [3.8, 4) is 10.8 Å². The Morgan fingerprint density at radius 3 is 2.75 bits per heavy atom. The Morgan fingerprint density at radius 1 is 1.38 bits per heavy atom. The predicted octanol–water partition coefficient (Wildman–Crippen LogP) is 3.26. The third-order valence-corrected chi connectivity index (χ3v) is 5.76. The highest BCUT2D eigenvalue weighted by molar-refractivity contribution is 7.13. The molecule has 5 nitrogen and oxygen atoms in total. The quantitative estimate of drug-likeness (QED) is 0.900. The van der Waals surface area contributed by atoms with E-state index in [2.05, 4.69) is 4.98 Å². The van der Waals surface area contributed by atoms with Crippen molar-refractivity contribution < 1.29 is 14.3 Å². The van der Waals surface area contributed by atoms with Crippen molar-refractivity contribution in [1.29, 1.82) is 0 Å². The molecule has 1 fully saturated rings. The lowest BCUT2D eigenvalue weighted by atomic mass is 9.86. The molecule has 130 valence electrons. The molecule has 0 unspecified atom stereocenters. The number of aliphatic hydroxyl groups is 1. The summed E-state index contributed by atoms with van der Waals surface area (Å²) in [7, 11) is 1.88. The van der Waals surface area contributed by atoms with Gasteiger partial charge in [0.2, 0.25) is 5.91 Å². The van der Waals surface area contributed by atoms with Crippen LogP contribution in [-0.4, -0.2) is 40.6 Å². The molecular formula is C18H24N2O3S. The molecule has 2 aromatic rings. The molecule has 1 aliphatic rings. The second-order valence-electron chi connectivity index (χ2n) is 6.59. The first-order chi connectivity index (χ1) is 11.6. The number of thiazole rings is 1. The Kier molecular flexibility index (Phi) is 5.36. The van der Waals surface area contributed by atoms with Gasteiger partial charge >= 0.3 is 0 Å². The molecule has 2 aromatic heterocycles. The summed E-state index contributed by atoms with van der Waals surface area (Å²) in [4.78, 5) is 18.9. The summed E-state index contributed by atoms with van der Waals surface area (Å²) in [5, 5.41) is 12.0. The average Bonchev–Trinajstić information content (AvgIpc) is 3.23. The largest absolute Gasteiger partial charge is 0.459 e. The van der Waals surface area contributed by atoms with E-state index in [1.54, 1.807) is 0 Å². The molecule has 3 rings (SSSR count). The standard InChI is InChI=1S/C18H24N2O3S/c1-12-3-8-16(23-12)18-19-14(11-24-18)9-17(22)20(2)15-6-4-13(10-21)5-7-15/h3,8,11,13,15,21H,4-7,9-10H2,1-2H3. The number of carbonyl (C=O) groups is 1. The van der Waals surface area contributed by atoms with Crippen LogP contribution in [0.15, 0.2) is 21.9 Å². The molecule has 0 spiro atoms. The third kappa shape index (κ3) is 3.87. The van der Waals surface area contributed by atoms with Crippen LogP contribution in [0.2, 0.25) is 0 Å². The summed E-state index contributed by atoms with van der Waals surface area (Å²) in [6, 6.07) is 4.11. The molecule has 2 heterocycles. The lowest BCUT2D eigenvalue weighted by molar-refractivity contribution is -0.132. The number of likely N-dealkylation sites (N-methyl/N-ethyl adjacent to an activating group) is 1. The molecule has 0 bridgehead atoms. The molecule has 1 N–H and O–H groups in total. The van der Waals surface area contributed by atoms with E-state index in [1.165, 1.54) is 11.3 Å². The highest BCUT2D eigenvalue weighted by Gasteiger charge is 2.26. The summed E-state index contributed by atoms with van der Waals surface area (Å²) in [5.74, 6) is 2.13. The highest BCUT2D eigenvalue weighted by Crippen LogP contribution is 2.28. The molecular weight excluding hydrogens is 324 g/mol. The average molecular weight is 348 g/mol. The van der Waals surface area contributed by atoms with Crippen molar-refractivity contribution >= 4 is 17.2 Å². The van der Waals surface area contributed by atoms with Gasteiger partial charge in [-0.25, -0.2) is 4.98 Å². The van der Waals surface area contributed by atoms with Crippen molar-refractivity contribution in [3.05, 3.63) is 29.0 Å². The Morgan fingerprint density at radius 2 is 2.12 bits per heavy atom. The van der Waals surface area contributed by atoms with Gasteiger partial charge in [-0.05, 0) is 50.7 Å². The van der Waals surface area contributed by atoms with E-state index in [4.69, 9.17) is 4.42 Å². The fourth-order valence-electron chi connectivity index (χ4n) is 3.25. The lowest BCUT2D eigenvalue weighted by Gasteiger charge is -2.34. The van der Waals surface area contributed by atoms with E-state index in [0.29, 0.717) is 12.3 Å². The summed E-state index contributed by atoms with van der Waals surface area (Å²) in [6.45, 7) is 2.17. The normalized spacial score (nSPS) is 21.0. The van der Waals surface area contributed by atoms with Crippen LogP contribution >= 0.6 is 11.3 Å². The zero-order valence-electron chi connectivity index (χ0n) is 14.2. The molecule has 0 aromatic carbocycles. The van der Waals surface area contributed by atoms with Gasteiger partial charge in [0.25, 0.3) is 0 Å². The maximum Gasteiger partial charge on any atom is 0.228 e. The van der Waals surface area contributed by atoms with E-state index in [9.17, 15) is 9.90 Å². The van der Waals surface area contributed by atoms with E-state index in [1.807, 2.05) is 36.4 Å². The molecule has 1 saturated carbocycles. The van der Waals surface area contributed by atoms with Crippen molar-refractivity contribution in [3.63, 3.8) is 0 Å². The summed E-state index contributed by atoms with van der Waals surface area (Å²) in [5.41, 5.74) is 0.796. The summed E-state index contributed by atoms with van der Waals surface area (Å²) >= 11 is 1.51. The van der Waals surface area contributed by atoms with E-state index >= 15 is 0 Å². The zero-order valence-corrected chi connectivity index (χ0v) is 15.0. The molecule has 1 aliphatic carbocycles. The number of amides is 1. The van der Waals surface area contributed by atoms with Gasteiger partial charge < -0.3 is 14.4 Å². The van der Waals surface area contributed by atoms with Crippen LogP contribution in [-0.2, 0) is 11.2 Å². The number of hydrogen-bond acceptors (Lipinski definition) is 5. The van der Waals surface area contributed by atoms with Crippen molar-refractivity contribution in [2.24, 2.45) is 5.92 Å². The Bertz CT molecular complexity index is 686. The maximum atomic E-state index is 12.5. The minimum absolute atomic E-state index is 0.106. The van der Waals surface area contributed by atoms with Crippen molar-refractivity contribution in [1.82, 2.24) is 9.88 Å². The zero-order chi connectivity index (χ0) is 17.1. The van der Waals surface area contributed by atoms with Crippen LogP contribution in [0.4, 0.5) is 0 Å². The number of rotatable bonds is 5. The van der Waals surface area contributed by atoms with E-state index < -0.39 is 0 Å². The first-order valence-electron chi connectivity index (χ1n) is 8.44. The number of hydrogen-bond donors (Lipinski definition) is 1. The molecule has 24 heavy (non-hydrogen) atoms. The topological polar surface area (TPSA) is 66.6 Å². The van der Waals surface area contributed by atoms with Crippen LogP contribution in [0.25, 0.3) is 10.8 Å². The van der Waals surface area contributed by atoms with Crippen LogP contribution < -0.4 is 0 Å². The first-order valence-corrected chi connectivity index (χ1v) is 9.32. The Hall–Kier alpha value is -1.66. The van der Waals surface area contributed by atoms with Gasteiger partial charge in [0.1, 0.15) is 5.76 Å². The van der Waals surface area contributed by atoms with Gasteiger partial charge in [-0.15, -0.1) is 11.3 Å². The van der Waals surface area contributed by atoms with Crippen LogP contribution in [0.3, 0.4) is 0 Å². The number of nitrogens with zero attached hydrogens (tertiary/aromatic N) is 2. The molecule has 0 radical (unpaired) electrons. The molecule has 0 saturated heterocycles. The lowest BCUT2D eigenvalue weighted by Crippen LogP contribution is -2.40. The molecule has 1 amide bonds. The fourth-order valence-corrected chi connectivity index (χ4v) is 4.03. The molecule has 6 heteroatoms. The number of furan rings is 1. The second kappa shape index (κ2) is 7.49. The first kappa shape index (κ1) is 17.2.